The first-order valence-electron chi connectivity index (χ1n) is 11.9. The normalized spacial score (nSPS) is 14.3. The lowest BCUT2D eigenvalue weighted by Gasteiger charge is -2.32. The highest BCUT2D eigenvalue weighted by Gasteiger charge is 2.27. The lowest BCUT2D eigenvalue weighted by Crippen LogP contribution is -2.38. The van der Waals surface area contributed by atoms with E-state index in [-0.39, 0.29) is 11.8 Å². The van der Waals surface area contributed by atoms with Gasteiger partial charge < -0.3 is 19.9 Å². The summed E-state index contributed by atoms with van der Waals surface area (Å²) in [5.41, 5.74) is 1.44. The molecule has 3 aromatic carbocycles. The molecule has 2 N–H and O–H groups in total. The third-order valence-corrected chi connectivity index (χ3v) is 6.92. The van der Waals surface area contributed by atoms with Gasteiger partial charge in [0.1, 0.15) is 29.3 Å². The first kappa shape index (κ1) is 22.4. The SMILES string of the molecule is O=C(Nc1cccc(Oc2ccc3ccccc3c2)c1)C1CCN(c2ncnc3[nH]cc(Cl)c23)CC1. The molecule has 3 heterocycles. The Labute approximate surface area is 213 Å². The molecule has 0 atom stereocenters. The zero-order valence-corrected chi connectivity index (χ0v) is 20.2. The minimum atomic E-state index is -0.0784. The number of amides is 1. The summed E-state index contributed by atoms with van der Waals surface area (Å²) in [4.78, 5) is 27.0. The van der Waals surface area contributed by atoms with Crippen LogP contribution in [-0.4, -0.2) is 33.9 Å². The maximum Gasteiger partial charge on any atom is 0.227 e. The van der Waals surface area contributed by atoms with Crippen LogP contribution in [0.3, 0.4) is 0 Å². The molecule has 0 saturated carbocycles. The number of hydrogen-bond acceptors (Lipinski definition) is 5. The minimum Gasteiger partial charge on any atom is -0.457 e. The Kier molecular flexibility index (Phi) is 5.91. The Morgan fingerprint density at radius 2 is 1.78 bits per heavy atom. The number of carbonyl (C=O) groups is 1. The van der Waals surface area contributed by atoms with Crippen LogP contribution in [0.1, 0.15) is 12.8 Å². The molecule has 0 aliphatic carbocycles. The fourth-order valence-electron chi connectivity index (χ4n) is 4.75. The molecule has 2 aromatic heterocycles. The number of H-pyrrole nitrogens is 1. The molecule has 1 aliphatic rings. The number of rotatable bonds is 5. The number of fused-ring (bicyclic) bond motifs is 2. The van der Waals surface area contributed by atoms with Gasteiger partial charge in [-0.2, -0.15) is 0 Å². The topological polar surface area (TPSA) is 83.1 Å². The lowest BCUT2D eigenvalue weighted by molar-refractivity contribution is -0.120. The first-order chi connectivity index (χ1) is 17.6. The number of carbonyl (C=O) groups excluding carboxylic acids is 1. The molecule has 0 unspecified atom stereocenters. The third kappa shape index (κ3) is 4.45. The highest BCUT2D eigenvalue weighted by molar-refractivity contribution is 6.36. The lowest BCUT2D eigenvalue weighted by atomic mass is 9.95. The summed E-state index contributed by atoms with van der Waals surface area (Å²) in [7, 11) is 0. The molecule has 0 spiro atoms. The smallest absolute Gasteiger partial charge is 0.227 e. The molecule has 1 aliphatic heterocycles. The zero-order chi connectivity index (χ0) is 24.5. The Morgan fingerprint density at radius 1 is 0.972 bits per heavy atom. The van der Waals surface area contributed by atoms with E-state index >= 15 is 0 Å². The van der Waals surface area contributed by atoms with Crippen LogP contribution in [0, 0.1) is 5.92 Å². The number of benzene rings is 3. The predicted molar refractivity (Wildman–Crippen MR) is 143 cm³/mol. The van der Waals surface area contributed by atoms with Crippen LogP contribution < -0.4 is 15.0 Å². The van der Waals surface area contributed by atoms with Gasteiger partial charge in [0.25, 0.3) is 0 Å². The monoisotopic (exact) mass is 497 g/mol. The fraction of sp³-hybridized carbons (Fsp3) is 0.179. The maximum absolute atomic E-state index is 13.0. The maximum atomic E-state index is 13.0. The first-order valence-corrected chi connectivity index (χ1v) is 12.3. The summed E-state index contributed by atoms with van der Waals surface area (Å²) < 4.78 is 6.07. The summed E-state index contributed by atoms with van der Waals surface area (Å²) >= 11 is 6.34. The Bertz CT molecular complexity index is 1560. The van der Waals surface area contributed by atoms with Gasteiger partial charge in [-0.1, -0.05) is 48.0 Å². The second kappa shape index (κ2) is 9.51. The van der Waals surface area contributed by atoms with Gasteiger partial charge in [0.15, 0.2) is 0 Å². The highest BCUT2D eigenvalue weighted by Crippen LogP contribution is 2.33. The molecule has 7 nitrogen and oxygen atoms in total. The van der Waals surface area contributed by atoms with E-state index in [9.17, 15) is 4.79 Å². The van der Waals surface area contributed by atoms with Crippen LogP contribution in [-0.2, 0) is 4.79 Å². The molecule has 0 bridgehead atoms. The van der Waals surface area contributed by atoms with Gasteiger partial charge in [0.05, 0.1) is 10.4 Å². The highest BCUT2D eigenvalue weighted by atomic mass is 35.5. The molecule has 5 aromatic rings. The summed E-state index contributed by atoms with van der Waals surface area (Å²) in [6, 6.07) is 21.7. The third-order valence-electron chi connectivity index (χ3n) is 6.63. The van der Waals surface area contributed by atoms with Crippen molar-refractivity contribution in [2.24, 2.45) is 5.92 Å². The van der Waals surface area contributed by atoms with E-state index in [0.29, 0.717) is 10.8 Å². The van der Waals surface area contributed by atoms with E-state index in [2.05, 4.69) is 37.3 Å². The number of nitrogens with one attached hydrogen (secondary N) is 2. The van der Waals surface area contributed by atoms with E-state index in [1.807, 2.05) is 54.6 Å². The zero-order valence-electron chi connectivity index (χ0n) is 19.4. The number of aromatic amines is 1. The van der Waals surface area contributed by atoms with Crippen LogP contribution >= 0.6 is 11.6 Å². The summed E-state index contributed by atoms with van der Waals surface area (Å²) in [5, 5.41) is 6.78. The molecule has 1 saturated heterocycles. The van der Waals surface area contributed by atoms with Gasteiger partial charge in [-0.05, 0) is 47.9 Å². The standard InChI is InChI=1S/C28H24ClN5O2/c29-24-16-30-26-25(24)27(32-17-31-26)34-12-10-19(11-13-34)28(35)33-21-6-3-7-22(15-21)36-23-9-8-18-4-1-2-5-20(18)14-23/h1-9,14-17,19H,10-13H2,(H,33,35)(H,30,31,32). The van der Waals surface area contributed by atoms with Crippen molar-refractivity contribution in [1.82, 2.24) is 15.0 Å². The second-order valence-corrected chi connectivity index (χ2v) is 9.35. The van der Waals surface area contributed by atoms with Crippen LogP contribution in [0.5, 0.6) is 11.5 Å². The molecule has 180 valence electrons. The minimum absolute atomic E-state index is 0.0185. The van der Waals surface area contributed by atoms with E-state index in [0.717, 1.165) is 65.0 Å². The van der Waals surface area contributed by atoms with E-state index in [1.165, 1.54) is 6.33 Å². The number of ether oxygens (including phenoxy) is 1. The van der Waals surface area contributed by atoms with E-state index < -0.39 is 0 Å². The number of nitrogens with zero attached hydrogens (tertiary/aromatic N) is 3. The molecule has 1 amide bonds. The van der Waals surface area contributed by atoms with Crippen molar-refractivity contribution in [3.8, 4) is 11.5 Å². The largest absolute Gasteiger partial charge is 0.457 e. The van der Waals surface area contributed by atoms with Crippen molar-refractivity contribution in [3.63, 3.8) is 0 Å². The van der Waals surface area contributed by atoms with Gasteiger partial charge in [0.2, 0.25) is 5.91 Å². The van der Waals surface area contributed by atoms with Crippen LogP contribution in [0.25, 0.3) is 21.8 Å². The molecule has 1 fully saturated rings. The fourth-order valence-corrected chi connectivity index (χ4v) is 4.98. The number of hydrogen-bond donors (Lipinski definition) is 2. The van der Waals surface area contributed by atoms with Crippen LogP contribution in [0.15, 0.2) is 79.3 Å². The number of piperidine rings is 1. The van der Waals surface area contributed by atoms with Crippen molar-refractivity contribution in [2.45, 2.75) is 12.8 Å². The van der Waals surface area contributed by atoms with Crippen molar-refractivity contribution in [3.05, 3.63) is 84.3 Å². The van der Waals surface area contributed by atoms with E-state index in [1.54, 1.807) is 6.20 Å². The summed E-state index contributed by atoms with van der Waals surface area (Å²) in [6.45, 7) is 1.44. The van der Waals surface area contributed by atoms with Crippen LogP contribution in [0.2, 0.25) is 5.02 Å². The van der Waals surface area contributed by atoms with Crippen molar-refractivity contribution < 1.29 is 9.53 Å². The number of aromatic nitrogens is 3. The van der Waals surface area contributed by atoms with Gasteiger partial charge in [0, 0.05) is 37.0 Å². The van der Waals surface area contributed by atoms with Gasteiger partial charge >= 0.3 is 0 Å². The van der Waals surface area contributed by atoms with Crippen molar-refractivity contribution in [1.29, 1.82) is 0 Å². The average Bonchev–Trinajstić information content (AvgIpc) is 3.30. The van der Waals surface area contributed by atoms with Gasteiger partial charge in [-0.25, -0.2) is 9.97 Å². The molecular formula is C28H24ClN5O2. The van der Waals surface area contributed by atoms with E-state index in [4.69, 9.17) is 16.3 Å². The summed E-state index contributed by atoms with van der Waals surface area (Å²) in [6.07, 6.45) is 4.72. The molecule has 8 heteroatoms. The Morgan fingerprint density at radius 3 is 2.64 bits per heavy atom. The van der Waals surface area contributed by atoms with Gasteiger partial charge in [-0.3, -0.25) is 4.79 Å². The molecular weight excluding hydrogens is 474 g/mol. The molecule has 6 rings (SSSR count). The summed E-state index contributed by atoms with van der Waals surface area (Å²) in [5.74, 6) is 2.18. The second-order valence-electron chi connectivity index (χ2n) is 8.95. The quantitative estimate of drug-likeness (QED) is 0.293. The molecule has 36 heavy (non-hydrogen) atoms. The Hall–Kier alpha value is -4.10. The number of anilines is 2. The van der Waals surface area contributed by atoms with Crippen LogP contribution in [0.4, 0.5) is 11.5 Å². The predicted octanol–water partition coefficient (Wildman–Crippen LogP) is 6.41. The molecule has 0 radical (unpaired) electrons. The Balaban J connectivity index is 1.10. The number of halogens is 1. The van der Waals surface area contributed by atoms with Crippen molar-refractivity contribution >= 4 is 50.8 Å². The van der Waals surface area contributed by atoms with Gasteiger partial charge in [-0.15, -0.1) is 0 Å². The van der Waals surface area contributed by atoms with Crippen molar-refractivity contribution in [2.75, 3.05) is 23.3 Å². The average molecular weight is 498 g/mol.